The lowest BCUT2D eigenvalue weighted by Gasteiger charge is -2.36. The Morgan fingerprint density at radius 3 is 2.14 bits per heavy atom. The molecule has 0 unspecified atom stereocenters. The molecule has 0 spiro atoms. The molecule has 1 saturated heterocycles. The molecule has 2 N–H and O–H groups in total. The largest absolute Gasteiger partial charge is 0.356 e. The predicted molar refractivity (Wildman–Crippen MR) is 118 cm³/mol. The Balaban J connectivity index is 1.34. The monoisotopic (exact) mass is 393 g/mol. The van der Waals surface area contributed by atoms with Crippen molar-refractivity contribution in [2.24, 2.45) is 4.99 Å². The lowest BCUT2D eigenvalue weighted by molar-refractivity contribution is -0.121. The average Bonchev–Trinajstić information content (AvgIpc) is 2.77. The summed E-state index contributed by atoms with van der Waals surface area (Å²) in [4.78, 5) is 21.2. The highest BCUT2D eigenvalue weighted by Gasteiger charge is 2.19. The molecule has 0 atom stereocenters. The summed E-state index contributed by atoms with van der Waals surface area (Å²) in [7, 11) is 1.80. The number of aliphatic imine (C=N–C) groups is 1. The lowest BCUT2D eigenvalue weighted by atomic mass is 10.2. The molecule has 6 nitrogen and oxygen atoms in total. The molecule has 1 amide bonds. The minimum atomic E-state index is 0.0458. The molecule has 0 aliphatic carbocycles. The maximum Gasteiger partial charge on any atom is 0.222 e. The van der Waals surface area contributed by atoms with E-state index in [9.17, 15) is 4.79 Å². The van der Waals surface area contributed by atoms with Gasteiger partial charge in [0.25, 0.3) is 0 Å². The number of hydrogen-bond donors (Lipinski definition) is 2. The van der Waals surface area contributed by atoms with Crippen molar-refractivity contribution in [2.75, 3.05) is 39.8 Å². The molecular formula is C23H31N5O. The molecule has 0 radical (unpaired) electrons. The fourth-order valence-electron chi connectivity index (χ4n) is 3.46. The second kappa shape index (κ2) is 11.2. The van der Waals surface area contributed by atoms with Gasteiger partial charge in [-0.05, 0) is 11.1 Å². The minimum Gasteiger partial charge on any atom is -0.356 e. The molecule has 0 saturated carbocycles. The zero-order valence-corrected chi connectivity index (χ0v) is 17.2. The first kappa shape index (κ1) is 20.9. The molecule has 0 bridgehead atoms. The number of benzene rings is 2. The van der Waals surface area contributed by atoms with Crippen molar-refractivity contribution in [1.82, 2.24) is 20.4 Å². The van der Waals surface area contributed by atoms with Gasteiger partial charge in [-0.3, -0.25) is 14.7 Å². The molecular weight excluding hydrogens is 362 g/mol. The second-order valence-electron chi connectivity index (χ2n) is 7.24. The standard InChI is InChI=1S/C23H31N5O/c1-24-23(25-13-12-22(29)26-18-20-8-4-2-5-9-20)28-16-14-27(15-17-28)19-21-10-6-3-7-11-21/h2-11H,12-19H2,1H3,(H,24,25)(H,26,29). The van der Waals surface area contributed by atoms with Gasteiger partial charge in [-0.1, -0.05) is 60.7 Å². The van der Waals surface area contributed by atoms with E-state index in [-0.39, 0.29) is 5.91 Å². The van der Waals surface area contributed by atoms with Crippen molar-refractivity contribution >= 4 is 11.9 Å². The number of nitrogens with zero attached hydrogens (tertiary/aromatic N) is 3. The topological polar surface area (TPSA) is 60.0 Å². The number of hydrogen-bond acceptors (Lipinski definition) is 3. The Hall–Kier alpha value is -2.86. The highest BCUT2D eigenvalue weighted by molar-refractivity contribution is 5.81. The van der Waals surface area contributed by atoms with E-state index in [1.807, 2.05) is 30.3 Å². The number of piperazine rings is 1. The van der Waals surface area contributed by atoms with Crippen LogP contribution < -0.4 is 10.6 Å². The predicted octanol–water partition coefficient (Wildman–Crippen LogP) is 2.09. The van der Waals surface area contributed by atoms with E-state index < -0.39 is 0 Å². The SMILES string of the molecule is CN=C(NCCC(=O)NCc1ccccc1)N1CCN(Cc2ccccc2)CC1. The van der Waals surface area contributed by atoms with Crippen molar-refractivity contribution in [3.05, 3.63) is 71.8 Å². The highest BCUT2D eigenvalue weighted by Crippen LogP contribution is 2.08. The summed E-state index contributed by atoms with van der Waals surface area (Å²) in [5.74, 6) is 0.921. The van der Waals surface area contributed by atoms with Crippen LogP contribution in [0.4, 0.5) is 0 Å². The summed E-state index contributed by atoms with van der Waals surface area (Å²) >= 11 is 0. The summed E-state index contributed by atoms with van der Waals surface area (Å²) in [5.41, 5.74) is 2.46. The number of guanidine groups is 1. The Morgan fingerprint density at radius 2 is 1.52 bits per heavy atom. The van der Waals surface area contributed by atoms with Crippen molar-refractivity contribution in [3.8, 4) is 0 Å². The molecule has 6 heteroatoms. The van der Waals surface area contributed by atoms with Crippen molar-refractivity contribution in [3.63, 3.8) is 0 Å². The fraction of sp³-hybridized carbons (Fsp3) is 0.391. The van der Waals surface area contributed by atoms with E-state index in [0.717, 1.165) is 44.2 Å². The molecule has 1 fully saturated rings. The van der Waals surface area contributed by atoms with Crippen LogP contribution in [0.2, 0.25) is 0 Å². The average molecular weight is 394 g/mol. The Bertz CT molecular complexity index is 770. The smallest absolute Gasteiger partial charge is 0.222 e. The van der Waals surface area contributed by atoms with E-state index >= 15 is 0 Å². The Labute approximate surface area is 173 Å². The third-order valence-electron chi connectivity index (χ3n) is 5.10. The van der Waals surface area contributed by atoms with Crippen LogP contribution in [0.3, 0.4) is 0 Å². The van der Waals surface area contributed by atoms with Gasteiger partial charge in [0.2, 0.25) is 5.91 Å². The molecule has 2 aromatic carbocycles. The first-order valence-corrected chi connectivity index (χ1v) is 10.3. The van der Waals surface area contributed by atoms with E-state index in [1.165, 1.54) is 5.56 Å². The molecule has 2 aromatic rings. The van der Waals surface area contributed by atoms with Gasteiger partial charge in [-0.25, -0.2) is 0 Å². The van der Waals surface area contributed by atoms with E-state index in [4.69, 9.17) is 0 Å². The zero-order valence-electron chi connectivity index (χ0n) is 17.2. The maximum atomic E-state index is 12.1. The molecule has 29 heavy (non-hydrogen) atoms. The van der Waals surface area contributed by atoms with Gasteiger partial charge >= 0.3 is 0 Å². The van der Waals surface area contributed by atoms with Gasteiger partial charge in [0, 0.05) is 59.3 Å². The number of nitrogens with one attached hydrogen (secondary N) is 2. The third kappa shape index (κ3) is 6.91. The van der Waals surface area contributed by atoms with Gasteiger partial charge in [0.15, 0.2) is 5.96 Å². The summed E-state index contributed by atoms with van der Waals surface area (Å²) in [6.45, 7) is 6.03. The summed E-state index contributed by atoms with van der Waals surface area (Å²) in [6.07, 6.45) is 0.430. The van der Waals surface area contributed by atoms with E-state index in [0.29, 0.717) is 19.5 Å². The third-order valence-corrected chi connectivity index (χ3v) is 5.10. The van der Waals surface area contributed by atoms with Crippen LogP contribution in [0, 0.1) is 0 Å². The summed E-state index contributed by atoms with van der Waals surface area (Å²) in [6, 6.07) is 20.5. The van der Waals surface area contributed by atoms with Gasteiger partial charge in [-0.2, -0.15) is 0 Å². The second-order valence-corrected chi connectivity index (χ2v) is 7.24. The molecule has 0 aromatic heterocycles. The molecule has 154 valence electrons. The lowest BCUT2D eigenvalue weighted by Crippen LogP contribution is -2.52. The van der Waals surface area contributed by atoms with Crippen LogP contribution in [-0.4, -0.2) is 61.4 Å². The first-order valence-electron chi connectivity index (χ1n) is 10.3. The van der Waals surface area contributed by atoms with Gasteiger partial charge in [0.05, 0.1) is 0 Å². The van der Waals surface area contributed by atoms with E-state index in [1.54, 1.807) is 7.05 Å². The van der Waals surface area contributed by atoms with Crippen LogP contribution in [-0.2, 0) is 17.9 Å². The highest BCUT2D eigenvalue weighted by atomic mass is 16.1. The van der Waals surface area contributed by atoms with Crippen LogP contribution in [0.5, 0.6) is 0 Å². The summed E-state index contributed by atoms with van der Waals surface area (Å²) in [5, 5.41) is 6.29. The molecule has 1 aliphatic rings. The summed E-state index contributed by atoms with van der Waals surface area (Å²) < 4.78 is 0. The number of amides is 1. The molecule has 3 rings (SSSR count). The van der Waals surface area contributed by atoms with Gasteiger partial charge in [-0.15, -0.1) is 0 Å². The minimum absolute atomic E-state index is 0.0458. The van der Waals surface area contributed by atoms with Crippen LogP contribution in [0.25, 0.3) is 0 Å². The number of carbonyl (C=O) groups is 1. The number of rotatable bonds is 7. The molecule has 1 aliphatic heterocycles. The van der Waals surface area contributed by atoms with Gasteiger partial charge < -0.3 is 15.5 Å². The Morgan fingerprint density at radius 1 is 0.897 bits per heavy atom. The van der Waals surface area contributed by atoms with E-state index in [2.05, 4.69) is 55.8 Å². The fourth-order valence-corrected chi connectivity index (χ4v) is 3.46. The quantitative estimate of drug-likeness (QED) is 0.559. The van der Waals surface area contributed by atoms with Crippen molar-refractivity contribution < 1.29 is 4.79 Å². The maximum absolute atomic E-state index is 12.1. The first-order chi connectivity index (χ1) is 14.2. The molecule has 1 heterocycles. The van der Waals surface area contributed by atoms with Crippen LogP contribution in [0.1, 0.15) is 17.5 Å². The Kier molecular flexibility index (Phi) is 8.07. The normalized spacial score (nSPS) is 15.2. The van der Waals surface area contributed by atoms with Crippen molar-refractivity contribution in [1.29, 1.82) is 0 Å². The van der Waals surface area contributed by atoms with Crippen LogP contribution >= 0.6 is 0 Å². The van der Waals surface area contributed by atoms with Crippen LogP contribution in [0.15, 0.2) is 65.7 Å². The van der Waals surface area contributed by atoms with Crippen molar-refractivity contribution in [2.45, 2.75) is 19.5 Å². The number of carbonyl (C=O) groups excluding carboxylic acids is 1. The van der Waals surface area contributed by atoms with Gasteiger partial charge in [0.1, 0.15) is 0 Å². The zero-order chi connectivity index (χ0) is 20.3.